The molecule has 2 aromatic carbocycles. The van der Waals surface area contributed by atoms with Crippen molar-refractivity contribution in [1.82, 2.24) is 20.0 Å². The highest BCUT2D eigenvalue weighted by molar-refractivity contribution is 5.93. The van der Waals surface area contributed by atoms with Crippen LogP contribution in [-0.2, 0) is 79.6 Å². The summed E-state index contributed by atoms with van der Waals surface area (Å²) >= 11 is 0. The van der Waals surface area contributed by atoms with Gasteiger partial charge in [-0.1, -0.05) is 74.2 Å². The lowest BCUT2D eigenvalue weighted by molar-refractivity contribution is -0.174. The summed E-state index contributed by atoms with van der Waals surface area (Å²) in [6.07, 6.45) is 0.867. The number of esters is 4. The Bertz CT molecular complexity index is 2480. The number of carbonyl (C=O) groups excluding carboxylic acids is 8. The number of ether oxygens (including phenoxy) is 6. The highest BCUT2D eigenvalue weighted by atomic mass is 19.1. The molecule has 2 aliphatic carbocycles. The quantitative estimate of drug-likeness (QED) is 0.0470. The van der Waals surface area contributed by atoms with Crippen LogP contribution in [0.2, 0.25) is 0 Å². The monoisotopic (exact) mass is 1150 g/mol. The van der Waals surface area contributed by atoms with Crippen LogP contribution in [0.5, 0.6) is 0 Å². The minimum absolute atomic E-state index is 0.00847. The summed E-state index contributed by atoms with van der Waals surface area (Å²) in [6.45, 7) is 10.1. The van der Waals surface area contributed by atoms with E-state index in [0.29, 0.717) is 56.5 Å². The van der Waals surface area contributed by atoms with Crippen LogP contribution in [-0.4, -0.2) is 177 Å². The van der Waals surface area contributed by atoms with Gasteiger partial charge in [-0.15, -0.1) is 0 Å². The lowest BCUT2D eigenvalue weighted by atomic mass is 9.90. The molecule has 2 saturated heterocycles. The smallest absolute Gasteiger partial charge is 0.329 e. The van der Waals surface area contributed by atoms with E-state index >= 15 is 13.6 Å². The molecule has 2 aromatic rings. The van der Waals surface area contributed by atoms with Crippen LogP contribution in [0.15, 0.2) is 48.5 Å². The largest absolute Gasteiger partial charge is 0.453 e. The molecule has 6 rings (SSSR count). The molecule has 0 radical (unpaired) electrons. The van der Waals surface area contributed by atoms with Crippen LogP contribution in [0.3, 0.4) is 0 Å². The van der Waals surface area contributed by atoms with Crippen LogP contribution < -0.4 is 5.32 Å². The fraction of sp³-hybridized carbons (Fsp3) is 0.677. The van der Waals surface area contributed by atoms with Gasteiger partial charge in [-0.3, -0.25) is 24.0 Å². The zero-order valence-electron chi connectivity index (χ0n) is 49.7. The Labute approximate surface area is 482 Å². The van der Waals surface area contributed by atoms with Gasteiger partial charge in [-0.2, -0.15) is 0 Å². The molecule has 0 aromatic heterocycles. The summed E-state index contributed by atoms with van der Waals surface area (Å²) in [5.41, 5.74) is -0.556. The third kappa shape index (κ3) is 19.6. The second-order valence-corrected chi connectivity index (χ2v) is 24.3. The van der Waals surface area contributed by atoms with Crippen LogP contribution >= 0.6 is 0 Å². The average Bonchev–Trinajstić information content (AvgIpc) is 4.45. The van der Waals surface area contributed by atoms with Crippen LogP contribution in [0.1, 0.15) is 153 Å². The molecule has 4 aliphatic rings. The van der Waals surface area contributed by atoms with Crippen molar-refractivity contribution in [3.8, 4) is 0 Å². The first-order valence-electron chi connectivity index (χ1n) is 29.2. The molecular formula is C62H88F2N4O14. The molecule has 454 valence electrons. The fourth-order valence-electron chi connectivity index (χ4n) is 10.8. The van der Waals surface area contributed by atoms with Gasteiger partial charge in [-0.25, -0.2) is 23.2 Å². The second kappa shape index (κ2) is 29.6. The number of carbonyl (C=O) groups is 8. The molecule has 0 spiro atoms. The van der Waals surface area contributed by atoms with Gasteiger partial charge in [0.1, 0.15) is 35.5 Å². The van der Waals surface area contributed by atoms with Gasteiger partial charge in [-0.05, 0) is 133 Å². The molecule has 2 heterocycles. The van der Waals surface area contributed by atoms with Crippen molar-refractivity contribution < 1.29 is 75.6 Å². The summed E-state index contributed by atoms with van der Waals surface area (Å²) in [5.74, 6) is -5.39. The summed E-state index contributed by atoms with van der Waals surface area (Å²) in [5, 5.41) is 2.93. The van der Waals surface area contributed by atoms with E-state index in [9.17, 15) is 33.6 Å². The molecule has 20 heteroatoms. The first-order valence-corrected chi connectivity index (χ1v) is 29.2. The van der Waals surface area contributed by atoms with E-state index in [-0.39, 0.29) is 31.1 Å². The number of likely N-dealkylation sites (N-methyl/N-ethyl adjacent to an activating group) is 4. The van der Waals surface area contributed by atoms with E-state index in [1.54, 1.807) is 7.05 Å². The van der Waals surface area contributed by atoms with Gasteiger partial charge < -0.3 is 48.4 Å². The Balaban J connectivity index is 1.19. The molecule has 4 fully saturated rings. The third-order valence-electron chi connectivity index (χ3n) is 16.2. The van der Waals surface area contributed by atoms with Gasteiger partial charge >= 0.3 is 23.9 Å². The van der Waals surface area contributed by atoms with Crippen molar-refractivity contribution in [2.75, 3.05) is 54.6 Å². The molecule has 0 bridgehead atoms. The van der Waals surface area contributed by atoms with Crippen molar-refractivity contribution in [2.45, 2.75) is 203 Å². The molecule has 2 aliphatic heterocycles. The second-order valence-electron chi connectivity index (χ2n) is 24.3. The standard InChI is InChI=1S/C62H88F2N4O14/c1-38(79-57(73)49(65-7)32-41-11-12-41)54(70)68(10)52(36-62(5,6)64)60(76)82-53(34-43-17-21-45(22-18-43)47-25-29-78-30-26-47)56(72)66(8)50(33-42-13-14-42)58(74)80-39(2)55(71)67(9)51(35-61(3,4)63)59(75)81-48(37-69)31-40-15-19-44(20-16-40)46-23-27-77-28-24-46/h15-22,37-39,41-42,46-53,65H,11-14,23-36H2,1-10H3/t38-,39-,48-,49+,50+,51+,52+,53-/m1/s1. The molecule has 82 heavy (non-hydrogen) atoms. The Morgan fingerprint density at radius 1 is 0.561 bits per heavy atom. The fourth-order valence-corrected chi connectivity index (χ4v) is 10.8. The molecule has 3 amide bonds. The van der Waals surface area contributed by atoms with E-state index < -0.39 is 114 Å². The maximum atomic E-state index is 15.7. The third-order valence-corrected chi connectivity index (χ3v) is 16.2. The van der Waals surface area contributed by atoms with E-state index in [4.69, 9.17) is 28.4 Å². The van der Waals surface area contributed by atoms with E-state index in [2.05, 4.69) is 5.32 Å². The maximum Gasteiger partial charge on any atom is 0.329 e. The summed E-state index contributed by atoms with van der Waals surface area (Å²) in [6, 6.07) is 10.0. The number of amides is 3. The number of hydrogen-bond acceptors (Lipinski definition) is 15. The average molecular weight is 1150 g/mol. The number of halogens is 2. The Morgan fingerprint density at radius 2 is 0.951 bits per heavy atom. The first kappa shape index (κ1) is 65.3. The van der Waals surface area contributed by atoms with Gasteiger partial charge in [0, 0.05) is 73.3 Å². The van der Waals surface area contributed by atoms with Crippen LogP contribution in [0.25, 0.3) is 0 Å². The number of benzene rings is 2. The Hall–Kier alpha value is -5.86. The number of alkyl halides is 2. The number of nitrogens with one attached hydrogen (secondary N) is 1. The van der Waals surface area contributed by atoms with Gasteiger partial charge in [0.15, 0.2) is 30.7 Å². The zero-order chi connectivity index (χ0) is 60.1. The van der Waals surface area contributed by atoms with Crippen molar-refractivity contribution >= 4 is 47.9 Å². The number of nitrogens with zero attached hydrogens (tertiary/aromatic N) is 3. The Morgan fingerprint density at radius 3 is 1.37 bits per heavy atom. The first-order chi connectivity index (χ1) is 38.7. The van der Waals surface area contributed by atoms with E-state index in [1.165, 1.54) is 62.7 Å². The normalized spacial score (nSPS) is 19.2. The van der Waals surface area contributed by atoms with Gasteiger partial charge in [0.25, 0.3) is 17.7 Å². The molecular weight excluding hydrogens is 1060 g/mol. The molecule has 1 N–H and O–H groups in total. The lowest BCUT2D eigenvalue weighted by Crippen LogP contribution is -2.54. The van der Waals surface area contributed by atoms with Crippen LogP contribution in [0, 0.1) is 11.8 Å². The summed E-state index contributed by atoms with van der Waals surface area (Å²) < 4.78 is 65.3. The molecule has 18 nitrogen and oxygen atoms in total. The molecule has 0 unspecified atom stereocenters. The predicted molar refractivity (Wildman–Crippen MR) is 300 cm³/mol. The topological polar surface area (TPSA) is 214 Å². The van der Waals surface area contributed by atoms with E-state index in [0.717, 1.165) is 82.8 Å². The van der Waals surface area contributed by atoms with Crippen molar-refractivity contribution in [3.63, 3.8) is 0 Å². The maximum absolute atomic E-state index is 15.7. The number of aldehydes is 1. The number of hydrogen-bond donors (Lipinski definition) is 1. The zero-order valence-corrected chi connectivity index (χ0v) is 49.7. The van der Waals surface area contributed by atoms with Gasteiger partial charge in [0.05, 0.1) is 0 Å². The molecule has 8 atom stereocenters. The summed E-state index contributed by atoms with van der Waals surface area (Å²) in [7, 11) is 5.48. The van der Waals surface area contributed by atoms with Crippen LogP contribution in [0.4, 0.5) is 8.78 Å². The predicted octanol–water partition coefficient (Wildman–Crippen LogP) is 7.09. The molecule has 2 saturated carbocycles. The minimum Gasteiger partial charge on any atom is -0.453 e. The van der Waals surface area contributed by atoms with E-state index in [1.807, 2.05) is 48.5 Å². The Kier molecular flexibility index (Phi) is 23.6. The SMILES string of the molecule is CN[C@@H](CC1CC1)C(=O)O[C@H](C)C(=O)N(C)[C@@H](CC(C)(C)F)C(=O)O[C@H](Cc1ccc(C2CCOCC2)cc1)C(=O)N(C)[C@@H](CC1CC1)C(=O)O[C@H](C)C(=O)N(C)[C@@H](CC(C)(C)F)C(=O)O[C@@H](C=O)Cc1ccc(C2CCOCC2)cc1. The highest BCUT2D eigenvalue weighted by Crippen LogP contribution is 2.36. The highest BCUT2D eigenvalue weighted by Gasteiger charge is 2.44. The van der Waals surface area contributed by atoms with Gasteiger partial charge in [0.2, 0.25) is 0 Å². The van der Waals surface area contributed by atoms with Crippen molar-refractivity contribution in [2.24, 2.45) is 11.8 Å². The van der Waals surface area contributed by atoms with Crippen molar-refractivity contribution in [1.29, 1.82) is 0 Å². The number of rotatable bonds is 30. The van der Waals surface area contributed by atoms with Crippen molar-refractivity contribution in [3.05, 3.63) is 70.8 Å². The minimum atomic E-state index is -2.05. The lowest BCUT2D eigenvalue weighted by Gasteiger charge is -2.34. The summed E-state index contributed by atoms with van der Waals surface area (Å²) in [4.78, 5) is 115.